The van der Waals surface area contributed by atoms with Gasteiger partial charge in [-0.15, -0.1) is 0 Å². The molecular weight excluding hydrogens is 320 g/mol. The fraction of sp³-hybridized carbons (Fsp3) is 0.556. The van der Waals surface area contributed by atoms with Gasteiger partial charge in [-0.3, -0.25) is 9.79 Å². The number of carbonyl (C=O) groups excluding carboxylic acids is 1. The minimum absolute atomic E-state index is 0.101. The highest BCUT2D eigenvalue weighted by molar-refractivity contribution is 5.94. The third-order valence-electron chi connectivity index (χ3n) is 4.18. The molecule has 0 saturated carbocycles. The van der Waals surface area contributed by atoms with Gasteiger partial charge in [0.25, 0.3) is 5.91 Å². The third-order valence-corrected chi connectivity index (χ3v) is 4.18. The van der Waals surface area contributed by atoms with Crippen LogP contribution in [0.4, 0.5) is 0 Å². The number of benzene rings is 1. The van der Waals surface area contributed by atoms with E-state index in [1.165, 1.54) is 0 Å². The van der Waals surface area contributed by atoms with Crippen LogP contribution in [0.25, 0.3) is 0 Å². The molecule has 7 heteroatoms. The first-order valence-electron chi connectivity index (χ1n) is 8.55. The average molecular weight is 348 g/mol. The summed E-state index contributed by atoms with van der Waals surface area (Å²) in [5.74, 6) is 2.01. The molecule has 1 fully saturated rings. The Morgan fingerprint density at radius 2 is 2.04 bits per heavy atom. The Morgan fingerprint density at radius 3 is 2.64 bits per heavy atom. The lowest BCUT2D eigenvalue weighted by Crippen LogP contribution is -2.44. The van der Waals surface area contributed by atoms with Crippen molar-refractivity contribution >= 4 is 11.9 Å². The maximum Gasteiger partial charge on any atom is 0.251 e. The molecule has 1 saturated heterocycles. The second kappa shape index (κ2) is 9.88. The first-order chi connectivity index (χ1) is 12.1. The number of aliphatic imine (C=N–C) groups is 1. The van der Waals surface area contributed by atoms with Crippen LogP contribution in [-0.4, -0.2) is 70.8 Å². The van der Waals surface area contributed by atoms with Crippen LogP contribution in [0.2, 0.25) is 0 Å². The minimum Gasteiger partial charge on any atom is -0.497 e. The van der Waals surface area contributed by atoms with Crippen LogP contribution in [-0.2, 0) is 4.74 Å². The van der Waals surface area contributed by atoms with Gasteiger partial charge in [-0.25, -0.2) is 0 Å². The van der Waals surface area contributed by atoms with Crippen LogP contribution in [0.3, 0.4) is 0 Å². The van der Waals surface area contributed by atoms with Gasteiger partial charge in [0.05, 0.1) is 13.7 Å². The van der Waals surface area contributed by atoms with Crippen molar-refractivity contribution in [2.24, 2.45) is 10.9 Å². The second-order valence-electron chi connectivity index (χ2n) is 6.07. The van der Waals surface area contributed by atoms with Gasteiger partial charge in [0.2, 0.25) is 0 Å². The molecule has 1 amide bonds. The van der Waals surface area contributed by atoms with Crippen LogP contribution in [0.15, 0.2) is 29.3 Å². The van der Waals surface area contributed by atoms with Crippen molar-refractivity contribution in [3.8, 4) is 5.75 Å². The van der Waals surface area contributed by atoms with Gasteiger partial charge in [-0.05, 0) is 30.7 Å². The number of ether oxygens (including phenoxy) is 2. The number of guanidine groups is 1. The molecule has 138 valence electrons. The average Bonchev–Trinajstić information content (AvgIpc) is 3.14. The Kier molecular flexibility index (Phi) is 7.53. The molecule has 7 nitrogen and oxygen atoms in total. The molecule has 0 radical (unpaired) electrons. The predicted molar refractivity (Wildman–Crippen MR) is 98.2 cm³/mol. The van der Waals surface area contributed by atoms with Crippen molar-refractivity contribution in [2.45, 2.75) is 6.42 Å². The SMILES string of the molecule is CN=C(NCCNC(=O)c1ccc(OC)cc1)N(C)CC1CCOC1. The van der Waals surface area contributed by atoms with Gasteiger partial charge in [-0.2, -0.15) is 0 Å². The van der Waals surface area contributed by atoms with Crippen LogP contribution in [0, 0.1) is 5.92 Å². The van der Waals surface area contributed by atoms with E-state index in [1.807, 2.05) is 7.05 Å². The lowest BCUT2D eigenvalue weighted by atomic mass is 10.1. The Bertz CT molecular complexity index is 568. The number of hydrogen-bond donors (Lipinski definition) is 2. The number of amides is 1. The van der Waals surface area contributed by atoms with E-state index in [0.717, 1.165) is 37.9 Å². The molecule has 1 unspecified atom stereocenters. The molecule has 1 aromatic carbocycles. The predicted octanol–water partition coefficient (Wildman–Crippen LogP) is 0.969. The zero-order valence-corrected chi connectivity index (χ0v) is 15.2. The first-order valence-corrected chi connectivity index (χ1v) is 8.55. The highest BCUT2D eigenvalue weighted by Gasteiger charge is 2.18. The fourth-order valence-electron chi connectivity index (χ4n) is 2.78. The Hall–Kier alpha value is -2.28. The molecule has 1 aliphatic heterocycles. The van der Waals surface area contributed by atoms with Gasteiger partial charge in [-0.1, -0.05) is 0 Å². The topological polar surface area (TPSA) is 75.2 Å². The van der Waals surface area contributed by atoms with Gasteiger partial charge >= 0.3 is 0 Å². The monoisotopic (exact) mass is 348 g/mol. The lowest BCUT2D eigenvalue weighted by molar-refractivity contribution is 0.0954. The van der Waals surface area contributed by atoms with Gasteiger partial charge in [0.1, 0.15) is 5.75 Å². The standard InChI is InChI=1S/C18H28N4O3/c1-19-18(22(2)12-14-8-11-25-13-14)21-10-9-20-17(23)15-4-6-16(24-3)7-5-15/h4-7,14H,8-13H2,1-3H3,(H,19,21)(H,20,23). The zero-order valence-electron chi connectivity index (χ0n) is 15.2. The molecule has 1 aliphatic rings. The number of nitrogens with one attached hydrogen (secondary N) is 2. The van der Waals surface area contributed by atoms with Crippen LogP contribution in [0.1, 0.15) is 16.8 Å². The van der Waals surface area contributed by atoms with Crippen molar-refractivity contribution in [1.29, 1.82) is 0 Å². The van der Waals surface area contributed by atoms with Crippen LogP contribution >= 0.6 is 0 Å². The Labute approximate surface area is 149 Å². The smallest absolute Gasteiger partial charge is 0.251 e. The summed E-state index contributed by atoms with van der Waals surface area (Å²) < 4.78 is 10.5. The molecule has 1 atom stereocenters. The van der Waals surface area contributed by atoms with E-state index in [9.17, 15) is 4.79 Å². The highest BCUT2D eigenvalue weighted by Crippen LogP contribution is 2.13. The minimum atomic E-state index is -0.101. The molecule has 2 N–H and O–H groups in total. The van der Waals surface area contributed by atoms with E-state index >= 15 is 0 Å². The lowest BCUT2D eigenvalue weighted by Gasteiger charge is -2.24. The molecule has 25 heavy (non-hydrogen) atoms. The summed E-state index contributed by atoms with van der Waals surface area (Å²) >= 11 is 0. The second-order valence-corrected chi connectivity index (χ2v) is 6.07. The summed E-state index contributed by atoms with van der Waals surface area (Å²) in [4.78, 5) is 18.5. The Balaban J connectivity index is 1.70. The molecule has 0 bridgehead atoms. The zero-order chi connectivity index (χ0) is 18.1. The molecule has 1 aromatic rings. The molecule has 1 heterocycles. The van der Waals surface area contributed by atoms with E-state index in [0.29, 0.717) is 24.6 Å². The van der Waals surface area contributed by atoms with Gasteiger partial charge < -0.3 is 25.0 Å². The van der Waals surface area contributed by atoms with Crippen molar-refractivity contribution in [3.63, 3.8) is 0 Å². The molecule has 2 rings (SSSR count). The summed E-state index contributed by atoms with van der Waals surface area (Å²) in [7, 11) is 5.38. The molecule has 0 spiro atoms. The third kappa shape index (κ3) is 5.94. The van der Waals surface area contributed by atoms with E-state index in [-0.39, 0.29) is 5.91 Å². The van der Waals surface area contributed by atoms with Crippen LogP contribution in [0.5, 0.6) is 5.75 Å². The van der Waals surface area contributed by atoms with Crippen molar-refractivity contribution in [2.75, 3.05) is 54.1 Å². The number of nitrogens with zero attached hydrogens (tertiary/aromatic N) is 2. The van der Waals surface area contributed by atoms with Crippen molar-refractivity contribution in [3.05, 3.63) is 29.8 Å². The highest BCUT2D eigenvalue weighted by atomic mass is 16.5. The quantitative estimate of drug-likeness (QED) is 0.436. The van der Waals surface area contributed by atoms with E-state index in [4.69, 9.17) is 9.47 Å². The van der Waals surface area contributed by atoms with E-state index < -0.39 is 0 Å². The first kappa shape index (κ1) is 19.1. The summed E-state index contributed by atoms with van der Waals surface area (Å²) in [5, 5.41) is 6.16. The van der Waals surface area contributed by atoms with Crippen molar-refractivity contribution in [1.82, 2.24) is 15.5 Å². The van der Waals surface area contributed by atoms with E-state index in [2.05, 4.69) is 20.5 Å². The largest absolute Gasteiger partial charge is 0.497 e. The molecule has 0 aromatic heterocycles. The summed E-state index contributed by atoms with van der Waals surface area (Å²) in [6.07, 6.45) is 1.10. The van der Waals surface area contributed by atoms with Gasteiger partial charge in [0.15, 0.2) is 5.96 Å². The molecular formula is C18H28N4O3. The van der Waals surface area contributed by atoms with Crippen LogP contribution < -0.4 is 15.4 Å². The van der Waals surface area contributed by atoms with Gasteiger partial charge in [0, 0.05) is 51.8 Å². The summed E-state index contributed by atoms with van der Waals surface area (Å²) in [6, 6.07) is 7.05. The normalized spacial score (nSPS) is 17.2. The summed E-state index contributed by atoms with van der Waals surface area (Å²) in [6.45, 7) is 3.71. The number of hydrogen-bond acceptors (Lipinski definition) is 4. The number of carbonyl (C=O) groups is 1. The van der Waals surface area contributed by atoms with E-state index in [1.54, 1.807) is 38.4 Å². The maximum absolute atomic E-state index is 12.1. The number of rotatable bonds is 7. The van der Waals surface area contributed by atoms with Crippen molar-refractivity contribution < 1.29 is 14.3 Å². The fourth-order valence-corrected chi connectivity index (χ4v) is 2.78. The number of methoxy groups -OCH3 is 1. The summed E-state index contributed by atoms with van der Waals surface area (Å²) in [5.41, 5.74) is 0.614. The molecule has 0 aliphatic carbocycles. The maximum atomic E-state index is 12.1. The Morgan fingerprint density at radius 1 is 1.32 bits per heavy atom.